The fourth-order valence-corrected chi connectivity index (χ4v) is 3.29. The van der Waals surface area contributed by atoms with Gasteiger partial charge in [-0.2, -0.15) is 0 Å². The summed E-state index contributed by atoms with van der Waals surface area (Å²) in [6.07, 6.45) is 1.67. The Morgan fingerprint density at radius 3 is 2.81 bits per heavy atom. The lowest BCUT2D eigenvalue weighted by Gasteiger charge is -2.13. The zero-order valence-corrected chi connectivity index (χ0v) is 13.0. The number of benzene rings is 1. The van der Waals surface area contributed by atoms with E-state index >= 15 is 0 Å². The molecule has 1 saturated heterocycles. The molecule has 1 aromatic carbocycles. The van der Waals surface area contributed by atoms with E-state index < -0.39 is 16.0 Å². The van der Waals surface area contributed by atoms with Gasteiger partial charge in [0, 0.05) is 11.6 Å². The third-order valence-corrected chi connectivity index (χ3v) is 4.53. The van der Waals surface area contributed by atoms with Crippen LogP contribution in [0.15, 0.2) is 17.0 Å². The maximum Gasteiger partial charge on any atom is 0.338 e. The molecule has 0 saturated carbocycles. The van der Waals surface area contributed by atoms with Gasteiger partial charge in [-0.15, -0.1) is 0 Å². The minimum Gasteiger partial charge on any atom is -0.459 e. The molecule has 0 bridgehead atoms. The van der Waals surface area contributed by atoms with Gasteiger partial charge < -0.3 is 9.47 Å². The van der Waals surface area contributed by atoms with Gasteiger partial charge in [-0.25, -0.2) is 18.4 Å². The molecule has 0 amide bonds. The number of sulfonamides is 1. The number of primary sulfonamides is 1. The molecule has 2 rings (SSSR count). The number of hydrogen-bond donors (Lipinski definition) is 1. The van der Waals surface area contributed by atoms with Crippen molar-refractivity contribution in [3.63, 3.8) is 0 Å². The largest absolute Gasteiger partial charge is 0.459 e. The average Bonchev–Trinajstić information content (AvgIpc) is 2.90. The molecule has 116 valence electrons. The van der Waals surface area contributed by atoms with E-state index in [2.05, 4.69) is 0 Å². The Bertz CT molecular complexity index is 653. The van der Waals surface area contributed by atoms with Crippen LogP contribution in [0, 0.1) is 6.92 Å². The van der Waals surface area contributed by atoms with Crippen molar-refractivity contribution in [1.82, 2.24) is 0 Å². The van der Waals surface area contributed by atoms with Crippen molar-refractivity contribution in [1.29, 1.82) is 0 Å². The highest BCUT2D eigenvalue weighted by molar-refractivity contribution is 7.89. The van der Waals surface area contributed by atoms with Gasteiger partial charge in [-0.1, -0.05) is 11.6 Å². The van der Waals surface area contributed by atoms with Crippen molar-refractivity contribution in [3.05, 3.63) is 28.3 Å². The van der Waals surface area contributed by atoms with Gasteiger partial charge in [0.15, 0.2) is 0 Å². The summed E-state index contributed by atoms with van der Waals surface area (Å²) in [6, 6.07) is 2.58. The second kappa shape index (κ2) is 6.31. The fraction of sp³-hybridized carbons (Fsp3) is 0.462. The standard InChI is InChI=1S/C13H16ClNO5S/c1-8-11(5-9(14)6-12(8)21(15,17)18)13(16)20-7-10-3-2-4-19-10/h5-6,10H,2-4,7H2,1H3,(H2,15,17,18). The van der Waals surface area contributed by atoms with E-state index in [9.17, 15) is 13.2 Å². The Morgan fingerprint density at radius 2 is 2.24 bits per heavy atom. The Balaban J connectivity index is 2.22. The van der Waals surface area contributed by atoms with Crippen LogP contribution in [0.3, 0.4) is 0 Å². The molecule has 1 aliphatic heterocycles. The quantitative estimate of drug-likeness (QED) is 0.845. The second-order valence-corrected chi connectivity index (χ2v) is 6.82. The lowest BCUT2D eigenvalue weighted by atomic mass is 10.1. The van der Waals surface area contributed by atoms with Gasteiger partial charge in [0.25, 0.3) is 0 Å². The molecule has 1 atom stereocenters. The first-order chi connectivity index (χ1) is 9.79. The summed E-state index contributed by atoms with van der Waals surface area (Å²) >= 11 is 5.85. The molecule has 1 aromatic rings. The van der Waals surface area contributed by atoms with Crippen molar-refractivity contribution in [2.45, 2.75) is 30.8 Å². The Labute approximate surface area is 128 Å². The van der Waals surface area contributed by atoms with Gasteiger partial charge in [0.2, 0.25) is 10.0 Å². The van der Waals surface area contributed by atoms with Crippen molar-refractivity contribution < 1.29 is 22.7 Å². The molecular formula is C13H16ClNO5S. The maximum atomic E-state index is 12.1. The fourth-order valence-electron chi connectivity index (χ4n) is 2.18. The molecule has 0 aliphatic carbocycles. The lowest BCUT2D eigenvalue weighted by molar-refractivity contribution is 0.0160. The average molecular weight is 334 g/mol. The summed E-state index contributed by atoms with van der Waals surface area (Å²) in [6.45, 7) is 2.28. The number of halogens is 1. The van der Waals surface area contributed by atoms with Crippen LogP contribution in [0.5, 0.6) is 0 Å². The Morgan fingerprint density at radius 1 is 1.52 bits per heavy atom. The highest BCUT2D eigenvalue weighted by Gasteiger charge is 2.22. The molecule has 21 heavy (non-hydrogen) atoms. The van der Waals surface area contributed by atoms with Crippen molar-refractivity contribution in [3.8, 4) is 0 Å². The number of carbonyl (C=O) groups excluding carboxylic acids is 1. The first-order valence-electron chi connectivity index (χ1n) is 6.40. The summed E-state index contributed by atoms with van der Waals surface area (Å²) in [5.74, 6) is -0.643. The summed E-state index contributed by atoms with van der Waals surface area (Å²) in [5, 5.41) is 5.22. The van der Waals surface area contributed by atoms with Crippen molar-refractivity contribution in [2.24, 2.45) is 5.14 Å². The molecule has 0 aromatic heterocycles. The zero-order chi connectivity index (χ0) is 15.6. The second-order valence-electron chi connectivity index (χ2n) is 4.85. The molecule has 8 heteroatoms. The van der Waals surface area contributed by atoms with E-state index in [1.54, 1.807) is 0 Å². The van der Waals surface area contributed by atoms with Gasteiger partial charge in [0.1, 0.15) is 6.61 Å². The van der Waals surface area contributed by atoms with Crippen LogP contribution in [-0.4, -0.2) is 33.7 Å². The predicted molar refractivity (Wildman–Crippen MR) is 76.8 cm³/mol. The van der Waals surface area contributed by atoms with E-state index in [4.69, 9.17) is 26.2 Å². The van der Waals surface area contributed by atoms with Crippen LogP contribution in [0.25, 0.3) is 0 Å². The van der Waals surface area contributed by atoms with Gasteiger partial charge in [-0.3, -0.25) is 0 Å². The first kappa shape index (κ1) is 16.2. The van der Waals surface area contributed by atoms with Gasteiger partial charge in [-0.05, 0) is 37.5 Å². The van der Waals surface area contributed by atoms with Gasteiger partial charge in [0.05, 0.1) is 16.6 Å². The monoisotopic (exact) mass is 333 g/mol. The first-order valence-corrected chi connectivity index (χ1v) is 8.33. The minimum atomic E-state index is -3.96. The molecule has 0 radical (unpaired) electrons. The van der Waals surface area contributed by atoms with Crippen LogP contribution < -0.4 is 5.14 Å². The lowest BCUT2D eigenvalue weighted by Crippen LogP contribution is -2.20. The van der Waals surface area contributed by atoms with E-state index in [0.29, 0.717) is 6.61 Å². The van der Waals surface area contributed by atoms with Crippen molar-refractivity contribution >= 4 is 27.6 Å². The number of ether oxygens (including phenoxy) is 2. The Hall–Kier alpha value is -1.15. The Kier molecular flexibility index (Phi) is 4.88. The predicted octanol–water partition coefficient (Wildman–Crippen LogP) is 1.63. The van der Waals surface area contributed by atoms with Crippen LogP contribution >= 0.6 is 11.6 Å². The van der Waals surface area contributed by atoms with Crippen LogP contribution in [0.2, 0.25) is 5.02 Å². The van der Waals surface area contributed by atoms with Crippen LogP contribution in [0.4, 0.5) is 0 Å². The number of rotatable bonds is 4. The molecule has 1 fully saturated rings. The highest BCUT2D eigenvalue weighted by Crippen LogP contribution is 2.24. The van der Waals surface area contributed by atoms with E-state index in [1.165, 1.54) is 19.1 Å². The number of carbonyl (C=O) groups is 1. The van der Waals surface area contributed by atoms with Crippen molar-refractivity contribution in [2.75, 3.05) is 13.2 Å². The molecular weight excluding hydrogens is 318 g/mol. The van der Waals surface area contributed by atoms with Gasteiger partial charge >= 0.3 is 5.97 Å². The van der Waals surface area contributed by atoms with E-state index in [0.717, 1.165) is 12.8 Å². The normalized spacial score (nSPS) is 18.7. The maximum absolute atomic E-state index is 12.1. The topological polar surface area (TPSA) is 95.7 Å². The molecule has 1 unspecified atom stereocenters. The number of nitrogens with two attached hydrogens (primary N) is 1. The summed E-state index contributed by atoms with van der Waals surface area (Å²) in [4.78, 5) is 11.9. The SMILES string of the molecule is Cc1c(C(=O)OCC2CCCO2)cc(Cl)cc1S(N)(=O)=O. The van der Waals surface area contributed by atoms with Crippen LogP contribution in [0.1, 0.15) is 28.8 Å². The molecule has 1 heterocycles. The zero-order valence-electron chi connectivity index (χ0n) is 11.5. The van der Waals surface area contributed by atoms with E-state index in [-0.39, 0.29) is 33.8 Å². The van der Waals surface area contributed by atoms with E-state index in [1.807, 2.05) is 0 Å². The molecule has 2 N–H and O–H groups in total. The molecule has 6 nitrogen and oxygen atoms in total. The molecule has 0 spiro atoms. The highest BCUT2D eigenvalue weighted by atomic mass is 35.5. The summed E-state index contributed by atoms with van der Waals surface area (Å²) in [7, 11) is -3.96. The minimum absolute atomic E-state index is 0.0875. The number of esters is 1. The smallest absolute Gasteiger partial charge is 0.338 e. The third-order valence-electron chi connectivity index (χ3n) is 3.28. The summed E-state index contributed by atoms with van der Waals surface area (Å²) in [5.41, 5.74) is 0.309. The number of hydrogen-bond acceptors (Lipinski definition) is 5. The molecule has 1 aliphatic rings. The van der Waals surface area contributed by atoms with Crippen LogP contribution in [-0.2, 0) is 19.5 Å². The summed E-state index contributed by atoms with van der Waals surface area (Å²) < 4.78 is 33.5. The third kappa shape index (κ3) is 3.94.